The number of hydrogen-bond acceptors (Lipinski definition) is 3. The number of hydrogen-bond donors (Lipinski definition) is 1. The van der Waals surface area contributed by atoms with Gasteiger partial charge in [-0.25, -0.2) is 4.98 Å². The van der Waals surface area contributed by atoms with Crippen LogP contribution in [0.2, 0.25) is 0 Å². The number of amides is 1. The molecule has 3 rings (SSSR count). The molecule has 3 aromatic rings. The highest BCUT2D eigenvalue weighted by atomic mass is 16.5. The fourth-order valence-corrected chi connectivity index (χ4v) is 3.66. The summed E-state index contributed by atoms with van der Waals surface area (Å²) in [6.07, 6.45) is 1.88. The first kappa shape index (κ1) is 23.6. The quantitative estimate of drug-likeness (QED) is 0.335. The van der Waals surface area contributed by atoms with Gasteiger partial charge in [0.1, 0.15) is 11.6 Å². The van der Waals surface area contributed by atoms with E-state index < -0.39 is 0 Å². The second-order valence-electron chi connectivity index (χ2n) is 9.42. The molecule has 5 nitrogen and oxygen atoms in total. The van der Waals surface area contributed by atoms with Crippen molar-refractivity contribution in [1.82, 2.24) is 14.9 Å². The van der Waals surface area contributed by atoms with E-state index in [1.807, 2.05) is 37.3 Å². The van der Waals surface area contributed by atoms with Gasteiger partial charge in [-0.15, -0.1) is 0 Å². The van der Waals surface area contributed by atoms with E-state index in [-0.39, 0.29) is 17.4 Å². The van der Waals surface area contributed by atoms with Crippen LogP contribution in [0.25, 0.3) is 11.0 Å². The monoisotopic (exact) mass is 433 g/mol. The van der Waals surface area contributed by atoms with Crippen LogP contribution in [-0.2, 0) is 16.8 Å². The summed E-state index contributed by atoms with van der Waals surface area (Å²) in [4.78, 5) is 16.9. The summed E-state index contributed by atoms with van der Waals surface area (Å²) < 4.78 is 8.15. The predicted octanol–water partition coefficient (Wildman–Crippen LogP) is 5.95. The van der Waals surface area contributed by atoms with Gasteiger partial charge in [0.15, 0.2) is 0 Å². The zero-order chi connectivity index (χ0) is 23.3. The van der Waals surface area contributed by atoms with Gasteiger partial charge in [-0.05, 0) is 61.9 Å². The van der Waals surface area contributed by atoms with E-state index in [1.54, 1.807) is 6.92 Å². The van der Waals surface area contributed by atoms with Crippen LogP contribution in [-0.4, -0.2) is 22.1 Å². The smallest absolute Gasteiger partial charge is 0.246 e. The Morgan fingerprint density at radius 3 is 2.47 bits per heavy atom. The van der Waals surface area contributed by atoms with Crippen molar-refractivity contribution >= 4 is 16.9 Å². The third kappa shape index (κ3) is 5.78. The van der Waals surface area contributed by atoms with Gasteiger partial charge < -0.3 is 14.6 Å². The topological polar surface area (TPSA) is 56.2 Å². The number of imidazole rings is 1. The largest absolute Gasteiger partial charge is 0.494 e. The van der Waals surface area contributed by atoms with Crippen molar-refractivity contribution in [2.75, 3.05) is 6.61 Å². The number of nitrogens with zero attached hydrogens (tertiary/aromatic N) is 2. The Morgan fingerprint density at radius 2 is 1.81 bits per heavy atom. The molecule has 5 heteroatoms. The molecule has 1 unspecified atom stereocenters. The molecule has 1 heterocycles. The maximum atomic E-state index is 12.1. The number of nitrogens with one attached hydrogen (secondary N) is 1. The second kappa shape index (κ2) is 10.0. The Hall–Kier alpha value is -3.08. The molecule has 0 spiro atoms. The lowest BCUT2D eigenvalue weighted by molar-refractivity contribution is -0.118. The van der Waals surface area contributed by atoms with E-state index >= 15 is 0 Å². The normalized spacial score (nSPS) is 12.5. The van der Waals surface area contributed by atoms with E-state index in [9.17, 15) is 4.79 Å². The summed E-state index contributed by atoms with van der Waals surface area (Å²) in [5.41, 5.74) is 3.96. The lowest BCUT2D eigenvalue weighted by Gasteiger charge is -2.19. The van der Waals surface area contributed by atoms with Crippen molar-refractivity contribution in [3.8, 4) is 5.75 Å². The average Bonchev–Trinajstić information content (AvgIpc) is 3.12. The van der Waals surface area contributed by atoms with Crippen molar-refractivity contribution in [3.05, 3.63) is 72.1 Å². The number of fused-ring (bicyclic) bond motifs is 1. The van der Waals surface area contributed by atoms with Crippen molar-refractivity contribution in [1.29, 1.82) is 0 Å². The van der Waals surface area contributed by atoms with E-state index in [1.165, 1.54) is 5.56 Å². The van der Waals surface area contributed by atoms with Gasteiger partial charge in [0, 0.05) is 12.1 Å². The Labute approximate surface area is 191 Å². The molecule has 1 atom stereocenters. The van der Waals surface area contributed by atoms with Crippen LogP contribution in [0.5, 0.6) is 5.75 Å². The first-order chi connectivity index (χ1) is 15.2. The molecule has 2 aromatic carbocycles. The van der Waals surface area contributed by atoms with Crippen LogP contribution in [0, 0.1) is 0 Å². The third-order valence-electron chi connectivity index (χ3n) is 5.57. The predicted molar refractivity (Wildman–Crippen MR) is 131 cm³/mol. The summed E-state index contributed by atoms with van der Waals surface area (Å²) >= 11 is 0. The zero-order valence-corrected chi connectivity index (χ0v) is 19.9. The van der Waals surface area contributed by atoms with Crippen LogP contribution >= 0.6 is 0 Å². The van der Waals surface area contributed by atoms with Gasteiger partial charge in [-0.3, -0.25) is 4.79 Å². The Morgan fingerprint density at radius 1 is 1.12 bits per heavy atom. The van der Waals surface area contributed by atoms with Gasteiger partial charge in [-0.1, -0.05) is 51.6 Å². The fraction of sp³-hybridized carbons (Fsp3) is 0.407. The number of ether oxygens (including phenoxy) is 1. The second-order valence-corrected chi connectivity index (χ2v) is 9.42. The highest BCUT2D eigenvalue weighted by Crippen LogP contribution is 2.25. The maximum absolute atomic E-state index is 12.1. The number of rotatable bonds is 9. The van der Waals surface area contributed by atoms with E-state index in [0.29, 0.717) is 12.2 Å². The molecule has 0 radical (unpaired) electrons. The van der Waals surface area contributed by atoms with Gasteiger partial charge in [0.05, 0.1) is 23.7 Å². The van der Waals surface area contributed by atoms with Crippen LogP contribution in [0.1, 0.15) is 64.9 Å². The number of unbranched alkanes of at least 4 members (excludes halogenated alkanes) is 1. The number of carbonyl (C=O) groups is 1. The molecule has 0 fully saturated rings. The Balaban J connectivity index is 1.60. The van der Waals surface area contributed by atoms with E-state index in [2.05, 4.69) is 55.4 Å². The summed E-state index contributed by atoms with van der Waals surface area (Å²) in [5.74, 6) is 1.62. The first-order valence-electron chi connectivity index (χ1n) is 11.3. The fourth-order valence-electron chi connectivity index (χ4n) is 3.66. The van der Waals surface area contributed by atoms with Gasteiger partial charge in [0.25, 0.3) is 0 Å². The number of aromatic nitrogens is 2. The van der Waals surface area contributed by atoms with Gasteiger partial charge >= 0.3 is 0 Å². The molecule has 1 N–H and O–H groups in total. The summed E-state index contributed by atoms with van der Waals surface area (Å²) in [6, 6.07) is 16.3. The molecule has 32 heavy (non-hydrogen) atoms. The molecule has 0 aliphatic heterocycles. The van der Waals surface area contributed by atoms with Crippen LogP contribution in [0.15, 0.2) is 60.7 Å². The lowest BCUT2D eigenvalue weighted by Crippen LogP contribution is -2.29. The average molecular weight is 434 g/mol. The minimum atomic E-state index is -0.204. The van der Waals surface area contributed by atoms with Gasteiger partial charge in [-0.2, -0.15) is 0 Å². The van der Waals surface area contributed by atoms with Crippen molar-refractivity contribution in [2.45, 2.75) is 65.5 Å². The third-order valence-corrected chi connectivity index (χ3v) is 5.57. The van der Waals surface area contributed by atoms with Gasteiger partial charge in [0.2, 0.25) is 5.91 Å². The van der Waals surface area contributed by atoms with E-state index in [4.69, 9.17) is 9.72 Å². The number of aryl methyl sites for hydroxylation is 1. The summed E-state index contributed by atoms with van der Waals surface area (Å²) in [7, 11) is 0. The molecule has 0 bridgehead atoms. The molecular weight excluding hydrogens is 398 g/mol. The minimum Gasteiger partial charge on any atom is -0.494 e. The number of para-hydroxylation sites is 2. The standard InChI is InChI=1S/C27H35N3O2/c1-19(2)26(31)28-20(3)25-29-23-11-7-8-12-24(23)30(25)17-9-10-18-32-22-15-13-21(14-16-22)27(4,5)6/h7-8,11-16,20H,1,9-10,17-18H2,2-6H3,(H,28,31). The molecule has 170 valence electrons. The zero-order valence-electron chi connectivity index (χ0n) is 19.9. The molecular formula is C27H35N3O2. The number of benzene rings is 2. The minimum absolute atomic E-state index is 0.144. The molecule has 0 saturated heterocycles. The lowest BCUT2D eigenvalue weighted by atomic mass is 9.87. The molecule has 0 aliphatic rings. The van der Waals surface area contributed by atoms with Crippen LogP contribution in [0.3, 0.4) is 0 Å². The maximum Gasteiger partial charge on any atom is 0.246 e. The summed E-state index contributed by atoms with van der Waals surface area (Å²) in [5, 5.41) is 2.99. The first-order valence-corrected chi connectivity index (χ1v) is 11.3. The molecule has 1 amide bonds. The van der Waals surface area contributed by atoms with E-state index in [0.717, 1.165) is 42.0 Å². The van der Waals surface area contributed by atoms with Crippen LogP contribution < -0.4 is 10.1 Å². The molecule has 0 saturated carbocycles. The highest BCUT2D eigenvalue weighted by molar-refractivity contribution is 5.92. The van der Waals surface area contributed by atoms with Crippen molar-refractivity contribution < 1.29 is 9.53 Å². The van der Waals surface area contributed by atoms with Crippen molar-refractivity contribution in [3.63, 3.8) is 0 Å². The van der Waals surface area contributed by atoms with Crippen LogP contribution in [0.4, 0.5) is 0 Å². The Bertz CT molecular complexity index is 1070. The molecule has 0 aliphatic carbocycles. The highest BCUT2D eigenvalue weighted by Gasteiger charge is 2.18. The SMILES string of the molecule is C=C(C)C(=O)NC(C)c1nc2ccccc2n1CCCCOc1ccc(C(C)(C)C)cc1. The molecule has 1 aromatic heterocycles. The number of carbonyl (C=O) groups excluding carboxylic acids is 1. The summed E-state index contributed by atoms with van der Waals surface area (Å²) in [6.45, 7) is 15.5. The van der Waals surface area contributed by atoms with Crippen molar-refractivity contribution in [2.24, 2.45) is 0 Å². The Kier molecular flexibility index (Phi) is 7.39.